The highest BCUT2D eigenvalue weighted by Crippen LogP contribution is 2.22. The normalized spacial score (nSPS) is 14.0. The van der Waals surface area contributed by atoms with Gasteiger partial charge in [-0.25, -0.2) is 0 Å². The van der Waals surface area contributed by atoms with Gasteiger partial charge in [0.15, 0.2) is 0 Å². The van der Waals surface area contributed by atoms with Crippen molar-refractivity contribution in [2.24, 2.45) is 7.05 Å². The average Bonchev–Trinajstić information content (AvgIpc) is 3.02. The van der Waals surface area contributed by atoms with Crippen molar-refractivity contribution in [3.63, 3.8) is 0 Å². The molecule has 2 heterocycles. The maximum atomic E-state index is 12.0. The first kappa shape index (κ1) is 16.0. The summed E-state index contributed by atoms with van der Waals surface area (Å²) in [5.74, 6) is -0.191. The molecule has 0 aliphatic heterocycles. The van der Waals surface area contributed by atoms with E-state index in [1.807, 2.05) is 23.8 Å². The third kappa shape index (κ3) is 3.64. The van der Waals surface area contributed by atoms with Crippen molar-refractivity contribution in [2.75, 3.05) is 6.54 Å². The second kappa shape index (κ2) is 6.17. The molecule has 2 N–H and O–H groups in total. The van der Waals surface area contributed by atoms with Crippen molar-refractivity contribution in [3.8, 4) is 0 Å². The minimum absolute atomic E-state index is 0.151. The number of carbonyl (C=O) groups is 1. The molecule has 2 aromatic rings. The Morgan fingerprint density at radius 1 is 1.62 bits per heavy atom. The summed E-state index contributed by atoms with van der Waals surface area (Å²) in [5.41, 5.74) is 1.17. The first-order chi connectivity index (χ1) is 9.81. The summed E-state index contributed by atoms with van der Waals surface area (Å²) >= 11 is 7.61. The highest BCUT2D eigenvalue weighted by atomic mass is 35.5. The molecule has 114 valence electrons. The molecule has 2 aromatic heterocycles. The van der Waals surface area contributed by atoms with Crippen LogP contribution in [-0.2, 0) is 23.9 Å². The van der Waals surface area contributed by atoms with Gasteiger partial charge in [0, 0.05) is 12.6 Å². The fourth-order valence-corrected chi connectivity index (χ4v) is 3.07. The number of hydrogen-bond donors (Lipinski definition) is 2. The molecule has 1 unspecified atom stereocenters. The first-order valence-electron chi connectivity index (χ1n) is 6.51. The number of aromatic nitrogens is 2. The van der Waals surface area contributed by atoms with Gasteiger partial charge < -0.3 is 10.4 Å². The molecule has 0 radical (unpaired) electrons. The molecule has 0 aliphatic carbocycles. The van der Waals surface area contributed by atoms with E-state index in [1.54, 1.807) is 18.7 Å². The number of halogens is 1. The Labute approximate surface area is 132 Å². The number of aryl methyl sites for hydroxylation is 2. The Morgan fingerprint density at radius 3 is 2.86 bits per heavy atom. The number of carbonyl (C=O) groups excluding carboxylic acids is 1. The van der Waals surface area contributed by atoms with Gasteiger partial charge in [0.05, 0.1) is 18.7 Å². The van der Waals surface area contributed by atoms with Gasteiger partial charge in [0.25, 0.3) is 0 Å². The lowest BCUT2D eigenvalue weighted by Gasteiger charge is -2.22. The van der Waals surface area contributed by atoms with Crippen LogP contribution in [0.25, 0.3) is 0 Å². The van der Waals surface area contributed by atoms with E-state index < -0.39 is 5.60 Å². The maximum Gasteiger partial charge on any atom is 0.224 e. The van der Waals surface area contributed by atoms with Gasteiger partial charge in [-0.15, -0.1) is 0 Å². The van der Waals surface area contributed by atoms with Crippen LogP contribution < -0.4 is 5.32 Å². The molecule has 21 heavy (non-hydrogen) atoms. The zero-order valence-corrected chi connectivity index (χ0v) is 13.8. The molecule has 1 amide bonds. The molecule has 0 fully saturated rings. The highest BCUT2D eigenvalue weighted by molar-refractivity contribution is 7.08. The quantitative estimate of drug-likeness (QED) is 0.882. The smallest absolute Gasteiger partial charge is 0.224 e. The van der Waals surface area contributed by atoms with Gasteiger partial charge in [0.2, 0.25) is 5.91 Å². The van der Waals surface area contributed by atoms with Crippen molar-refractivity contribution >= 4 is 28.8 Å². The van der Waals surface area contributed by atoms with Crippen molar-refractivity contribution in [1.82, 2.24) is 15.1 Å². The van der Waals surface area contributed by atoms with Crippen LogP contribution >= 0.6 is 22.9 Å². The summed E-state index contributed by atoms with van der Waals surface area (Å²) in [4.78, 5) is 12.0. The number of amides is 1. The first-order valence-corrected chi connectivity index (χ1v) is 7.83. The van der Waals surface area contributed by atoms with E-state index in [9.17, 15) is 9.90 Å². The lowest BCUT2D eigenvalue weighted by atomic mass is 9.99. The molecular formula is C14H18ClN3O2S. The minimum Gasteiger partial charge on any atom is -0.384 e. The Bertz CT molecular complexity index is 635. The summed E-state index contributed by atoms with van der Waals surface area (Å²) in [7, 11) is 1.73. The third-order valence-corrected chi connectivity index (χ3v) is 4.54. The lowest BCUT2D eigenvalue weighted by molar-refractivity contribution is -0.121. The molecule has 0 saturated heterocycles. The predicted octanol–water partition coefficient (Wildman–Crippen LogP) is 2.01. The van der Waals surface area contributed by atoms with Crippen LogP contribution in [0, 0.1) is 6.92 Å². The molecular weight excluding hydrogens is 310 g/mol. The Kier molecular flexibility index (Phi) is 4.70. The van der Waals surface area contributed by atoms with Crippen molar-refractivity contribution in [3.05, 3.63) is 38.8 Å². The van der Waals surface area contributed by atoms with E-state index >= 15 is 0 Å². The van der Waals surface area contributed by atoms with E-state index in [4.69, 9.17) is 11.6 Å². The van der Waals surface area contributed by atoms with E-state index in [-0.39, 0.29) is 18.9 Å². The van der Waals surface area contributed by atoms with E-state index in [0.29, 0.717) is 10.7 Å². The fourth-order valence-electron chi connectivity index (χ4n) is 2.04. The number of rotatable bonds is 5. The van der Waals surface area contributed by atoms with E-state index in [2.05, 4.69) is 10.4 Å². The zero-order chi connectivity index (χ0) is 15.6. The van der Waals surface area contributed by atoms with E-state index in [0.717, 1.165) is 11.3 Å². The molecule has 0 saturated carbocycles. The Balaban J connectivity index is 1.97. The number of nitrogens with one attached hydrogen (secondary N) is 1. The summed E-state index contributed by atoms with van der Waals surface area (Å²) in [6.07, 6.45) is 0.151. The average molecular weight is 328 g/mol. The Morgan fingerprint density at radius 2 is 2.33 bits per heavy atom. The van der Waals surface area contributed by atoms with Crippen LogP contribution in [0.4, 0.5) is 0 Å². The topological polar surface area (TPSA) is 67.2 Å². The van der Waals surface area contributed by atoms with Crippen LogP contribution in [0.15, 0.2) is 16.8 Å². The van der Waals surface area contributed by atoms with Crippen LogP contribution in [0.3, 0.4) is 0 Å². The fraction of sp³-hybridized carbons (Fsp3) is 0.429. The van der Waals surface area contributed by atoms with Gasteiger partial charge in [-0.3, -0.25) is 9.48 Å². The van der Waals surface area contributed by atoms with Crippen LogP contribution in [0.1, 0.15) is 23.7 Å². The largest absolute Gasteiger partial charge is 0.384 e. The summed E-state index contributed by atoms with van der Waals surface area (Å²) < 4.78 is 1.54. The van der Waals surface area contributed by atoms with Crippen molar-refractivity contribution in [1.29, 1.82) is 0 Å². The summed E-state index contributed by atoms with van der Waals surface area (Å²) in [6, 6.07) is 1.85. The molecule has 0 bridgehead atoms. The predicted molar refractivity (Wildman–Crippen MR) is 83.6 cm³/mol. The minimum atomic E-state index is -1.08. The van der Waals surface area contributed by atoms with Crippen molar-refractivity contribution in [2.45, 2.75) is 25.9 Å². The molecule has 7 heteroatoms. The highest BCUT2D eigenvalue weighted by Gasteiger charge is 2.24. The standard InChI is InChI=1S/C14H18ClN3O2S/c1-9-11(13(15)18(3)17-9)6-12(19)16-8-14(2,20)10-4-5-21-7-10/h4-5,7,20H,6,8H2,1-3H3,(H,16,19). The van der Waals surface area contributed by atoms with Crippen molar-refractivity contribution < 1.29 is 9.90 Å². The molecule has 0 spiro atoms. The van der Waals surface area contributed by atoms with Crippen LogP contribution in [-0.4, -0.2) is 27.3 Å². The summed E-state index contributed by atoms with van der Waals surface area (Å²) in [5, 5.41) is 21.5. The maximum absolute atomic E-state index is 12.0. The number of thiophene rings is 1. The lowest BCUT2D eigenvalue weighted by Crippen LogP contribution is -2.39. The van der Waals surface area contributed by atoms with Crippen LogP contribution in [0.5, 0.6) is 0 Å². The number of hydrogen-bond acceptors (Lipinski definition) is 4. The van der Waals surface area contributed by atoms with Gasteiger partial charge in [-0.05, 0) is 36.2 Å². The zero-order valence-electron chi connectivity index (χ0n) is 12.2. The SMILES string of the molecule is Cc1nn(C)c(Cl)c1CC(=O)NCC(C)(O)c1ccsc1. The van der Waals surface area contributed by atoms with Gasteiger partial charge in [-0.1, -0.05) is 11.6 Å². The van der Waals surface area contributed by atoms with Gasteiger partial charge in [0.1, 0.15) is 10.8 Å². The third-order valence-electron chi connectivity index (χ3n) is 3.38. The van der Waals surface area contributed by atoms with Crippen LogP contribution in [0.2, 0.25) is 5.15 Å². The second-order valence-corrected chi connectivity index (χ2v) is 6.36. The molecule has 1 atom stereocenters. The monoisotopic (exact) mass is 327 g/mol. The molecule has 0 aliphatic rings. The number of nitrogens with zero attached hydrogens (tertiary/aromatic N) is 2. The molecule has 5 nitrogen and oxygen atoms in total. The van der Waals surface area contributed by atoms with Gasteiger partial charge in [-0.2, -0.15) is 16.4 Å². The Hall–Kier alpha value is -1.37. The van der Waals surface area contributed by atoms with Gasteiger partial charge >= 0.3 is 0 Å². The molecule has 2 rings (SSSR count). The molecule has 0 aromatic carbocycles. The summed E-state index contributed by atoms with van der Waals surface area (Å²) in [6.45, 7) is 3.65. The number of aliphatic hydroxyl groups is 1. The second-order valence-electron chi connectivity index (χ2n) is 5.22. The van der Waals surface area contributed by atoms with E-state index in [1.165, 1.54) is 11.3 Å².